The highest BCUT2D eigenvalue weighted by Crippen LogP contribution is 1.74. The van der Waals surface area contributed by atoms with Gasteiger partial charge in [-0.15, -0.1) is 0 Å². The molecule has 0 unspecified atom stereocenters. The van der Waals surface area contributed by atoms with E-state index in [4.69, 9.17) is 0 Å². The Balaban J connectivity index is 4.55. The van der Waals surface area contributed by atoms with E-state index >= 15 is 0 Å². The van der Waals surface area contributed by atoms with Crippen LogP contribution in [0.2, 0.25) is 0 Å². The number of carbonyl (C=O) groups excluding carboxylic acids is 1. The summed E-state index contributed by atoms with van der Waals surface area (Å²) in [5, 5.41) is -0.468. The number of hydrogen-bond acceptors (Lipinski definition) is 4. The van der Waals surface area contributed by atoms with Crippen molar-refractivity contribution in [2.24, 2.45) is 0 Å². The molecule has 5 heteroatoms. The summed E-state index contributed by atoms with van der Waals surface area (Å²) in [6.45, 7) is 3.11. The van der Waals surface area contributed by atoms with Crippen molar-refractivity contribution in [2.45, 2.75) is 0 Å². The second-order valence-electron chi connectivity index (χ2n) is 0.972. The van der Waals surface area contributed by atoms with Gasteiger partial charge < -0.3 is 4.74 Å². The Labute approximate surface area is 53.3 Å². The Bertz CT molecular complexity index is 227. The highest BCUT2D eigenvalue weighted by Gasteiger charge is 1.91. The van der Waals surface area contributed by atoms with Gasteiger partial charge in [-0.1, -0.05) is 6.58 Å². The van der Waals surface area contributed by atoms with Gasteiger partial charge >= 0.3 is 0 Å². The molecule has 0 aromatic heterocycles. The van der Waals surface area contributed by atoms with Crippen LogP contribution in [0, 0.1) is 0 Å². The lowest BCUT2D eigenvalue weighted by molar-refractivity contribution is -0.121. The van der Waals surface area contributed by atoms with Crippen molar-refractivity contribution < 1.29 is 17.9 Å². The van der Waals surface area contributed by atoms with Crippen LogP contribution < -0.4 is 0 Å². The Morgan fingerprint density at radius 2 is 2.11 bits per heavy atom. The smallest absolute Gasteiger partial charge is 0.299 e. The van der Waals surface area contributed by atoms with Gasteiger partial charge in [-0.3, -0.25) is 4.79 Å². The highest BCUT2D eigenvalue weighted by molar-refractivity contribution is 7.73. The molecule has 0 radical (unpaired) electrons. The minimum Gasteiger partial charge on any atom is -0.412 e. The van der Waals surface area contributed by atoms with Crippen molar-refractivity contribution in [3.8, 4) is 0 Å². The van der Waals surface area contributed by atoms with Crippen molar-refractivity contribution in [2.75, 3.05) is 0 Å². The summed E-state index contributed by atoms with van der Waals surface area (Å²) < 4.78 is 23.8. The van der Waals surface area contributed by atoms with Crippen LogP contribution in [-0.2, 0) is 19.8 Å². The lowest BCUT2D eigenvalue weighted by Crippen LogP contribution is -1.98. The van der Waals surface area contributed by atoms with Crippen LogP contribution in [-0.4, -0.2) is 19.9 Å². The van der Waals surface area contributed by atoms with Gasteiger partial charge in [-0.25, -0.2) is 0 Å². The molecule has 4 nitrogen and oxygen atoms in total. The van der Waals surface area contributed by atoms with E-state index in [0.717, 1.165) is 6.08 Å². The van der Waals surface area contributed by atoms with Crippen LogP contribution >= 0.6 is 0 Å². The Morgan fingerprint density at radius 3 is 2.22 bits per heavy atom. The Morgan fingerprint density at radius 1 is 1.56 bits per heavy atom. The topological polar surface area (TPSA) is 60.4 Å². The van der Waals surface area contributed by atoms with Crippen LogP contribution in [0.3, 0.4) is 0 Å². The molecule has 0 atom stereocenters. The van der Waals surface area contributed by atoms with Crippen molar-refractivity contribution in [3.05, 3.63) is 12.7 Å². The van der Waals surface area contributed by atoms with Gasteiger partial charge in [0.15, 0.2) is 0 Å². The summed E-state index contributed by atoms with van der Waals surface area (Å²) in [4.78, 5) is 9.51. The van der Waals surface area contributed by atoms with E-state index in [2.05, 4.69) is 11.3 Å². The van der Waals surface area contributed by atoms with Gasteiger partial charge in [-0.2, -0.15) is 8.42 Å². The number of hydrogen-bond donors (Lipinski definition) is 0. The molecule has 0 aromatic carbocycles. The van der Waals surface area contributed by atoms with Crippen LogP contribution in [0.25, 0.3) is 0 Å². The molecule has 0 amide bonds. The van der Waals surface area contributed by atoms with Gasteiger partial charge in [0.25, 0.3) is 16.8 Å². The first-order valence-electron chi connectivity index (χ1n) is 1.91. The highest BCUT2D eigenvalue weighted by atomic mass is 32.2. The van der Waals surface area contributed by atoms with E-state index in [1.165, 1.54) is 0 Å². The third-order valence-electron chi connectivity index (χ3n) is 0.495. The van der Waals surface area contributed by atoms with Crippen LogP contribution in [0.5, 0.6) is 0 Å². The van der Waals surface area contributed by atoms with E-state index in [-0.39, 0.29) is 6.47 Å². The predicted molar refractivity (Wildman–Crippen MR) is 31.3 cm³/mol. The maximum absolute atomic E-state index is 9.93. The van der Waals surface area contributed by atoms with E-state index < -0.39 is 15.3 Å². The summed E-state index contributed by atoms with van der Waals surface area (Å²) in [5.41, 5.74) is 0. The van der Waals surface area contributed by atoms with Crippen molar-refractivity contribution in [1.82, 2.24) is 0 Å². The predicted octanol–water partition coefficient (Wildman–Crippen LogP) is -0.646. The van der Waals surface area contributed by atoms with Gasteiger partial charge in [-0.05, 0) is 6.08 Å². The zero-order valence-electron chi connectivity index (χ0n) is 4.40. The molecule has 0 saturated heterocycles. The molecule has 0 aliphatic carbocycles. The number of carbonyl (C=O) groups is 1. The molecule has 50 valence electrons. The molecule has 0 aromatic rings. The summed E-state index contributed by atoms with van der Waals surface area (Å²) in [7, 11) is -2.51. The van der Waals surface area contributed by atoms with Gasteiger partial charge in [0.2, 0.25) is 5.05 Å². The van der Waals surface area contributed by atoms with Gasteiger partial charge in [0, 0.05) is 0 Å². The van der Waals surface area contributed by atoms with E-state index in [9.17, 15) is 13.2 Å². The van der Waals surface area contributed by atoms with Crippen molar-refractivity contribution in [3.63, 3.8) is 0 Å². The molecule has 0 aliphatic heterocycles. The monoisotopic (exact) mass is 148 g/mol. The SMILES string of the molecule is C=CC(OC=O)=S(=O)=O. The normalized spacial score (nSPS) is 7.56. The minimum absolute atomic E-state index is 0.0206. The van der Waals surface area contributed by atoms with E-state index in [1.54, 1.807) is 0 Å². The molecule has 0 bridgehead atoms. The lowest BCUT2D eigenvalue weighted by Gasteiger charge is -1.85. The van der Waals surface area contributed by atoms with E-state index in [1.807, 2.05) is 0 Å². The van der Waals surface area contributed by atoms with E-state index in [0.29, 0.717) is 0 Å². The average molecular weight is 148 g/mol. The lowest BCUT2D eigenvalue weighted by atomic mass is 10.7. The van der Waals surface area contributed by atoms with Crippen LogP contribution in [0.15, 0.2) is 12.7 Å². The van der Waals surface area contributed by atoms with Crippen molar-refractivity contribution in [1.29, 1.82) is 0 Å². The molecule has 0 aliphatic rings. The average Bonchev–Trinajstić information content (AvgIpc) is 1.82. The first-order valence-corrected chi connectivity index (χ1v) is 2.98. The molecule has 9 heavy (non-hydrogen) atoms. The second-order valence-corrected chi connectivity index (χ2v) is 1.84. The maximum atomic E-state index is 9.93. The second kappa shape index (κ2) is 3.85. The molecular weight excluding hydrogens is 144 g/mol. The fourth-order valence-electron chi connectivity index (χ4n) is 0.203. The quantitative estimate of drug-likeness (QED) is 0.297. The number of ether oxygens (including phenoxy) is 1. The maximum Gasteiger partial charge on any atom is 0.299 e. The number of rotatable bonds is 2. The van der Waals surface area contributed by atoms with Crippen LogP contribution in [0.1, 0.15) is 0 Å². The zero-order valence-corrected chi connectivity index (χ0v) is 5.22. The summed E-state index contributed by atoms with van der Waals surface area (Å²) in [5.74, 6) is 0. The summed E-state index contributed by atoms with van der Waals surface area (Å²) in [6, 6.07) is 0. The molecule has 0 saturated carbocycles. The molecule has 0 N–H and O–H groups in total. The molecule has 0 spiro atoms. The first kappa shape index (κ1) is 7.90. The molecule has 0 fully saturated rings. The molecular formula is C4H4O4S. The standard InChI is InChI=1S/C4H4O4S/c1-2-4(8-3-5)9(6)7/h2-3H,1H2. The third kappa shape index (κ3) is 2.65. The van der Waals surface area contributed by atoms with Crippen LogP contribution in [0.4, 0.5) is 0 Å². The summed E-state index contributed by atoms with van der Waals surface area (Å²) in [6.07, 6.45) is 0.928. The molecule has 0 heterocycles. The first-order chi connectivity index (χ1) is 4.22. The zero-order chi connectivity index (χ0) is 7.28. The third-order valence-corrected chi connectivity index (χ3v) is 1.09. The Hall–Kier alpha value is -1.10. The van der Waals surface area contributed by atoms with Gasteiger partial charge in [0.1, 0.15) is 0 Å². The minimum atomic E-state index is -2.51. The Kier molecular flexibility index (Phi) is 3.38. The molecule has 0 rings (SSSR count). The largest absolute Gasteiger partial charge is 0.412 e. The van der Waals surface area contributed by atoms with Gasteiger partial charge in [0.05, 0.1) is 0 Å². The fourth-order valence-corrected chi connectivity index (χ4v) is 0.457. The van der Waals surface area contributed by atoms with Crippen molar-refractivity contribution >= 4 is 21.8 Å². The summed E-state index contributed by atoms with van der Waals surface area (Å²) >= 11 is 0. The fraction of sp³-hybridized carbons (Fsp3) is 0.